The third-order valence-electron chi connectivity index (χ3n) is 7.60. The maximum Gasteiger partial charge on any atom is 0.247 e. The van der Waals surface area contributed by atoms with Crippen LogP contribution in [0.15, 0.2) is 53.9 Å². The minimum Gasteiger partial charge on any atom is -0.507 e. The van der Waals surface area contributed by atoms with Crippen LogP contribution >= 0.6 is 11.3 Å². The zero-order valence-corrected chi connectivity index (χ0v) is 28.5. The number of amides is 2. The second kappa shape index (κ2) is 15.6. The van der Waals surface area contributed by atoms with Gasteiger partial charge in [-0.15, -0.1) is 11.3 Å². The highest BCUT2D eigenvalue weighted by Crippen LogP contribution is 2.40. The molecule has 3 aromatic rings. The average molecular weight is 623 g/mol. The van der Waals surface area contributed by atoms with E-state index in [1.54, 1.807) is 23.3 Å². The first-order chi connectivity index (χ1) is 20.8. The zero-order valence-electron chi connectivity index (χ0n) is 27.7. The third kappa shape index (κ3) is 9.57. The van der Waals surface area contributed by atoms with Gasteiger partial charge in [-0.3, -0.25) is 9.59 Å². The number of nitrogens with zero attached hydrogens (tertiary/aromatic N) is 1. The third-order valence-corrected chi connectivity index (χ3v) is 8.46. The summed E-state index contributed by atoms with van der Waals surface area (Å²) in [6, 6.07) is 14.5. The molecular weight excluding hydrogens is 572 g/mol. The van der Waals surface area contributed by atoms with E-state index < -0.39 is 6.04 Å². The number of carbonyl (C=O) groups excluding carboxylic acids is 2. The Balaban J connectivity index is 1.97. The number of aromatic hydroxyl groups is 1. The highest BCUT2D eigenvalue weighted by atomic mass is 32.1. The van der Waals surface area contributed by atoms with Crippen LogP contribution < -0.4 is 10.1 Å². The Labute approximate surface area is 267 Å². The van der Waals surface area contributed by atoms with Gasteiger partial charge >= 0.3 is 0 Å². The molecule has 240 valence electrons. The van der Waals surface area contributed by atoms with Crippen LogP contribution in [0, 0.1) is 0 Å². The van der Waals surface area contributed by atoms with Crippen molar-refractivity contribution in [2.75, 3.05) is 26.9 Å². The number of rotatable bonds is 14. The summed E-state index contributed by atoms with van der Waals surface area (Å²) in [5, 5.41) is 16.2. The van der Waals surface area contributed by atoms with Gasteiger partial charge in [-0.2, -0.15) is 0 Å². The number of hydrogen-bond donors (Lipinski definition) is 2. The van der Waals surface area contributed by atoms with Gasteiger partial charge in [-0.25, -0.2) is 0 Å². The molecule has 0 fully saturated rings. The first-order valence-electron chi connectivity index (χ1n) is 15.4. The second-order valence-corrected chi connectivity index (χ2v) is 14.2. The summed E-state index contributed by atoms with van der Waals surface area (Å²) in [6.07, 6.45) is 1.38. The summed E-state index contributed by atoms with van der Waals surface area (Å²) in [5.41, 5.74) is 2.90. The number of phenolic OH excluding ortho intramolecular Hbond substituents is 1. The number of ether oxygens (including phenoxy) is 2. The second-order valence-electron chi connectivity index (χ2n) is 13.2. The van der Waals surface area contributed by atoms with Crippen LogP contribution in [0.3, 0.4) is 0 Å². The topological polar surface area (TPSA) is 88.1 Å². The predicted molar refractivity (Wildman–Crippen MR) is 179 cm³/mol. The minimum atomic E-state index is -0.822. The van der Waals surface area contributed by atoms with Crippen LogP contribution in [-0.4, -0.2) is 48.7 Å². The van der Waals surface area contributed by atoms with Gasteiger partial charge in [0.1, 0.15) is 17.5 Å². The number of carbonyl (C=O) groups is 2. The number of phenols is 1. The van der Waals surface area contributed by atoms with Crippen molar-refractivity contribution in [3.63, 3.8) is 0 Å². The summed E-state index contributed by atoms with van der Waals surface area (Å²) in [4.78, 5) is 30.7. The Morgan fingerprint density at radius 1 is 1.00 bits per heavy atom. The van der Waals surface area contributed by atoms with Gasteiger partial charge in [-0.05, 0) is 76.4 Å². The van der Waals surface area contributed by atoms with Crippen molar-refractivity contribution < 1.29 is 24.2 Å². The van der Waals surface area contributed by atoms with Crippen LogP contribution in [0.25, 0.3) is 0 Å². The molecule has 0 bridgehead atoms. The molecule has 0 spiro atoms. The largest absolute Gasteiger partial charge is 0.507 e. The molecule has 0 aliphatic carbocycles. The SMILES string of the molecule is CCOCCCNC(=O)[C@@H](c1ccc(OC)cc1)N(Cc1cccs1)C(=O)CCc1cc(C(C)(C)C)c(O)c(C(C)(C)C)c1. The molecule has 7 nitrogen and oxygen atoms in total. The minimum absolute atomic E-state index is 0.119. The molecule has 8 heteroatoms. The molecule has 0 radical (unpaired) electrons. The summed E-state index contributed by atoms with van der Waals surface area (Å²) in [7, 11) is 1.60. The fourth-order valence-electron chi connectivity index (χ4n) is 5.16. The summed E-state index contributed by atoms with van der Waals surface area (Å²) >= 11 is 1.56. The Morgan fingerprint density at radius 3 is 2.16 bits per heavy atom. The maximum atomic E-state index is 14.2. The molecule has 0 saturated heterocycles. The van der Waals surface area contributed by atoms with Gasteiger partial charge in [0, 0.05) is 31.1 Å². The van der Waals surface area contributed by atoms with E-state index in [0.717, 1.165) is 21.6 Å². The fraction of sp³-hybridized carbons (Fsp3) is 0.500. The van der Waals surface area contributed by atoms with Crippen LogP contribution in [0.5, 0.6) is 11.5 Å². The Bertz CT molecular complexity index is 1320. The molecule has 2 N–H and O–H groups in total. The van der Waals surface area contributed by atoms with E-state index in [4.69, 9.17) is 9.47 Å². The van der Waals surface area contributed by atoms with E-state index in [1.165, 1.54) is 0 Å². The number of nitrogens with one attached hydrogen (secondary N) is 1. The van der Waals surface area contributed by atoms with E-state index in [0.29, 0.717) is 56.2 Å². The first kappa shape index (κ1) is 35.1. The highest BCUT2D eigenvalue weighted by Gasteiger charge is 2.32. The molecule has 3 rings (SSSR count). The fourth-order valence-corrected chi connectivity index (χ4v) is 5.86. The molecule has 0 saturated carbocycles. The Hall–Kier alpha value is -3.36. The van der Waals surface area contributed by atoms with Crippen molar-refractivity contribution in [1.82, 2.24) is 10.2 Å². The molecule has 0 unspecified atom stereocenters. The van der Waals surface area contributed by atoms with Gasteiger partial charge in [-0.1, -0.05) is 71.9 Å². The van der Waals surface area contributed by atoms with Gasteiger partial charge in [0.15, 0.2) is 0 Å². The van der Waals surface area contributed by atoms with E-state index in [-0.39, 0.29) is 29.1 Å². The highest BCUT2D eigenvalue weighted by molar-refractivity contribution is 7.09. The predicted octanol–water partition coefficient (Wildman–Crippen LogP) is 7.30. The van der Waals surface area contributed by atoms with Gasteiger partial charge in [0.25, 0.3) is 0 Å². The first-order valence-corrected chi connectivity index (χ1v) is 16.3. The molecule has 0 aliphatic heterocycles. The molecule has 0 aliphatic rings. The van der Waals surface area contributed by atoms with Gasteiger partial charge in [0.05, 0.1) is 13.7 Å². The van der Waals surface area contributed by atoms with E-state index in [9.17, 15) is 14.7 Å². The average Bonchev–Trinajstić information content (AvgIpc) is 3.48. The van der Waals surface area contributed by atoms with Crippen molar-refractivity contribution >= 4 is 23.2 Å². The summed E-state index contributed by atoms with van der Waals surface area (Å²) < 4.78 is 10.8. The van der Waals surface area contributed by atoms with Crippen LogP contribution in [-0.2, 0) is 38.1 Å². The summed E-state index contributed by atoms with van der Waals surface area (Å²) in [6.45, 7) is 16.4. The lowest BCUT2D eigenvalue weighted by atomic mass is 9.78. The molecule has 2 aromatic carbocycles. The van der Waals surface area contributed by atoms with Gasteiger partial charge < -0.3 is 24.8 Å². The molecule has 2 amide bonds. The van der Waals surface area contributed by atoms with Crippen molar-refractivity contribution in [3.8, 4) is 11.5 Å². The molecule has 44 heavy (non-hydrogen) atoms. The number of benzene rings is 2. The number of hydrogen-bond acceptors (Lipinski definition) is 6. The molecule has 1 aromatic heterocycles. The lowest BCUT2D eigenvalue weighted by molar-refractivity contribution is -0.141. The standard InChI is InChI=1S/C36H50N2O5S/c1-9-43-20-11-19-37-34(41)32(26-14-16-27(42-8)17-15-26)38(24-28-12-10-21-44-28)31(39)18-13-25-22-29(35(2,3)4)33(40)30(23-25)36(5,6)7/h10,12,14-17,21-23,32,40H,9,11,13,18-20,24H2,1-8H3,(H,37,41)/t32-/m1/s1. The number of aryl methyl sites for hydroxylation is 1. The zero-order chi connectivity index (χ0) is 32.5. The van der Waals surface area contributed by atoms with Crippen molar-refractivity contribution in [2.45, 2.75) is 91.1 Å². The number of thiophene rings is 1. The van der Waals surface area contributed by atoms with E-state index >= 15 is 0 Å². The van der Waals surface area contributed by atoms with Crippen LogP contribution in [0.2, 0.25) is 0 Å². The molecule has 1 heterocycles. The van der Waals surface area contributed by atoms with Crippen LogP contribution in [0.4, 0.5) is 0 Å². The van der Waals surface area contributed by atoms with E-state index in [2.05, 4.69) is 46.9 Å². The monoisotopic (exact) mass is 622 g/mol. The molecule has 1 atom stereocenters. The van der Waals surface area contributed by atoms with Crippen molar-refractivity contribution in [1.29, 1.82) is 0 Å². The molecular formula is C36H50N2O5S. The Kier molecular flexibility index (Phi) is 12.4. The summed E-state index contributed by atoms with van der Waals surface area (Å²) in [5.74, 6) is 0.648. The smallest absolute Gasteiger partial charge is 0.247 e. The quantitative estimate of drug-likeness (QED) is 0.184. The maximum absolute atomic E-state index is 14.2. The lowest BCUT2D eigenvalue weighted by Gasteiger charge is -2.32. The van der Waals surface area contributed by atoms with E-state index in [1.807, 2.05) is 60.8 Å². The lowest BCUT2D eigenvalue weighted by Crippen LogP contribution is -2.43. The number of methoxy groups -OCH3 is 1. The Morgan fingerprint density at radius 2 is 1.64 bits per heavy atom. The normalized spacial score (nSPS) is 12.5. The van der Waals surface area contributed by atoms with Crippen LogP contribution in [0.1, 0.15) is 94.5 Å². The van der Waals surface area contributed by atoms with Crippen molar-refractivity contribution in [3.05, 3.63) is 81.0 Å². The van der Waals surface area contributed by atoms with Gasteiger partial charge in [0.2, 0.25) is 11.8 Å². The van der Waals surface area contributed by atoms with Crippen molar-refractivity contribution in [2.24, 2.45) is 0 Å².